The van der Waals surface area contributed by atoms with E-state index >= 15 is 0 Å². The average Bonchev–Trinajstić information content (AvgIpc) is 3.52. The minimum atomic E-state index is -0.00831. The molecule has 1 heterocycles. The molecule has 1 aliphatic carbocycles. The first-order valence-corrected chi connectivity index (χ1v) is 9.62. The number of ether oxygens (including phenoxy) is 1. The Morgan fingerprint density at radius 1 is 1.15 bits per heavy atom. The molecule has 1 aromatic rings. The molecular weight excluding hydrogens is 366 g/mol. The van der Waals surface area contributed by atoms with Crippen molar-refractivity contribution in [2.24, 2.45) is 17.6 Å². The van der Waals surface area contributed by atoms with Gasteiger partial charge in [0.25, 0.3) is 0 Å². The van der Waals surface area contributed by atoms with Crippen LogP contribution in [0.15, 0.2) is 30.3 Å². The van der Waals surface area contributed by atoms with Crippen molar-refractivity contribution in [1.29, 1.82) is 0 Å². The molecular formula is C20H30ClN3O3. The van der Waals surface area contributed by atoms with Crippen LogP contribution >= 0.6 is 12.4 Å². The summed E-state index contributed by atoms with van der Waals surface area (Å²) in [5.74, 6) is 1.54. The fourth-order valence-electron chi connectivity index (χ4n) is 3.38. The number of carbonyl (C=O) groups is 2. The van der Waals surface area contributed by atoms with E-state index in [-0.39, 0.29) is 36.2 Å². The second-order valence-corrected chi connectivity index (χ2v) is 7.31. The normalized spacial score (nSPS) is 18.3. The number of hydrogen-bond acceptors (Lipinski definition) is 4. The smallest absolute Gasteiger partial charge is 0.225 e. The monoisotopic (exact) mass is 395 g/mol. The molecule has 1 saturated carbocycles. The second kappa shape index (κ2) is 10.5. The number of likely N-dealkylation sites (tertiary alicyclic amines) is 1. The Hall–Kier alpha value is -1.79. The molecule has 2 aliphatic rings. The predicted molar refractivity (Wildman–Crippen MR) is 107 cm³/mol. The zero-order valence-electron chi connectivity index (χ0n) is 15.6. The van der Waals surface area contributed by atoms with Crippen LogP contribution in [-0.2, 0) is 9.59 Å². The highest BCUT2D eigenvalue weighted by Crippen LogP contribution is 2.31. The van der Waals surface area contributed by atoms with Crippen LogP contribution in [0.25, 0.3) is 0 Å². The number of halogens is 1. The number of nitrogens with zero attached hydrogens (tertiary/aromatic N) is 1. The molecule has 0 spiro atoms. The summed E-state index contributed by atoms with van der Waals surface area (Å²) < 4.78 is 5.58. The summed E-state index contributed by atoms with van der Waals surface area (Å²) in [5.41, 5.74) is 6.03. The maximum absolute atomic E-state index is 12.3. The summed E-state index contributed by atoms with van der Waals surface area (Å²) in [6.45, 7) is 2.22. The molecule has 0 aromatic heterocycles. The van der Waals surface area contributed by atoms with Crippen molar-refractivity contribution < 1.29 is 14.3 Å². The van der Waals surface area contributed by atoms with E-state index in [1.807, 2.05) is 35.2 Å². The topological polar surface area (TPSA) is 84.7 Å². The van der Waals surface area contributed by atoms with E-state index in [9.17, 15) is 9.59 Å². The lowest BCUT2D eigenvalue weighted by atomic mass is 9.95. The molecule has 1 unspecified atom stereocenters. The van der Waals surface area contributed by atoms with Crippen molar-refractivity contribution in [2.75, 3.05) is 26.2 Å². The van der Waals surface area contributed by atoms with Gasteiger partial charge in [-0.15, -0.1) is 12.4 Å². The summed E-state index contributed by atoms with van der Waals surface area (Å²) in [6, 6.07) is 9.59. The quantitative estimate of drug-likeness (QED) is 0.704. The summed E-state index contributed by atoms with van der Waals surface area (Å²) in [6.07, 6.45) is 4.17. The van der Waals surface area contributed by atoms with Gasteiger partial charge >= 0.3 is 0 Å². The molecule has 150 valence electrons. The lowest BCUT2D eigenvalue weighted by molar-refractivity contribution is -0.136. The van der Waals surface area contributed by atoms with Gasteiger partial charge in [0.1, 0.15) is 5.75 Å². The summed E-state index contributed by atoms with van der Waals surface area (Å²) in [7, 11) is 0. The number of nitrogens with one attached hydrogen (secondary N) is 1. The highest BCUT2D eigenvalue weighted by molar-refractivity contribution is 5.85. The third-order valence-electron chi connectivity index (χ3n) is 5.29. The van der Waals surface area contributed by atoms with Crippen LogP contribution in [0.2, 0.25) is 0 Å². The molecule has 2 amide bonds. The van der Waals surface area contributed by atoms with Crippen LogP contribution in [0.3, 0.4) is 0 Å². The van der Waals surface area contributed by atoms with Gasteiger partial charge in [-0.2, -0.15) is 0 Å². The first-order chi connectivity index (χ1) is 12.6. The third-order valence-corrected chi connectivity index (χ3v) is 5.29. The van der Waals surface area contributed by atoms with Gasteiger partial charge in [-0.1, -0.05) is 18.2 Å². The first-order valence-electron chi connectivity index (χ1n) is 9.62. The summed E-state index contributed by atoms with van der Waals surface area (Å²) in [5, 5.41) is 2.98. The largest absolute Gasteiger partial charge is 0.493 e. The van der Waals surface area contributed by atoms with E-state index in [0.29, 0.717) is 38.6 Å². The van der Waals surface area contributed by atoms with Crippen LogP contribution in [0, 0.1) is 11.8 Å². The van der Waals surface area contributed by atoms with E-state index < -0.39 is 0 Å². The highest BCUT2D eigenvalue weighted by atomic mass is 35.5. The van der Waals surface area contributed by atoms with E-state index in [4.69, 9.17) is 10.5 Å². The molecule has 1 aromatic carbocycles. The Kier molecular flexibility index (Phi) is 8.38. The number of nitrogens with two attached hydrogens (primary N) is 1. The molecule has 1 aliphatic heterocycles. The van der Waals surface area contributed by atoms with E-state index in [0.717, 1.165) is 18.6 Å². The van der Waals surface area contributed by atoms with Crippen molar-refractivity contribution in [2.45, 2.75) is 38.1 Å². The fraction of sp³-hybridized carbons (Fsp3) is 0.600. The van der Waals surface area contributed by atoms with E-state index in [2.05, 4.69) is 5.32 Å². The Morgan fingerprint density at radius 2 is 1.81 bits per heavy atom. The lowest BCUT2D eigenvalue weighted by Gasteiger charge is -2.31. The van der Waals surface area contributed by atoms with Crippen LogP contribution < -0.4 is 15.8 Å². The number of amides is 2. The molecule has 0 radical (unpaired) electrons. The molecule has 7 heteroatoms. The van der Waals surface area contributed by atoms with Gasteiger partial charge in [-0.05, 0) is 43.7 Å². The maximum atomic E-state index is 12.3. The van der Waals surface area contributed by atoms with E-state index in [1.165, 1.54) is 12.8 Å². The van der Waals surface area contributed by atoms with Gasteiger partial charge in [0.2, 0.25) is 11.8 Å². The molecule has 1 atom stereocenters. The maximum Gasteiger partial charge on any atom is 0.225 e. The van der Waals surface area contributed by atoms with Gasteiger partial charge in [-0.3, -0.25) is 9.59 Å². The number of rotatable bonds is 8. The Bertz CT molecular complexity index is 602. The number of piperidine rings is 1. The van der Waals surface area contributed by atoms with Crippen molar-refractivity contribution in [1.82, 2.24) is 10.2 Å². The molecule has 2 fully saturated rings. The number of benzene rings is 1. The Labute approximate surface area is 167 Å². The second-order valence-electron chi connectivity index (χ2n) is 7.31. The van der Waals surface area contributed by atoms with Crippen molar-refractivity contribution >= 4 is 24.2 Å². The molecule has 27 heavy (non-hydrogen) atoms. The number of carbonyl (C=O) groups excluding carboxylic acids is 2. The van der Waals surface area contributed by atoms with Crippen LogP contribution in [0.1, 0.15) is 32.1 Å². The highest BCUT2D eigenvalue weighted by Gasteiger charge is 2.30. The van der Waals surface area contributed by atoms with Crippen LogP contribution in [0.5, 0.6) is 5.75 Å². The molecule has 3 rings (SSSR count). The van der Waals surface area contributed by atoms with Crippen LogP contribution in [-0.4, -0.2) is 49.0 Å². The minimum absolute atomic E-state index is 0. The zero-order valence-corrected chi connectivity index (χ0v) is 16.5. The van der Waals surface area contributed by atoms with Crippen molar-refractivity contribution in [3.63, 3.8) is 0 Å². The summed E-state index contributed by atoms with van der Waals surface area (Å²) >= 11 is 0. The van der Waals surface area contributed by atoms with Crippen molar-refractivity contribution in [3.8, 4) is 5.75 Å². The van der Waals surface area contributed by atoms with Gasteiger partial charge in [0.05, 0.1) is 13.0 Å². The molecule has 6 nitrogen and oxygen atoms in total. The van der Waals surface area contributed by atoms with Gasteiger partial charge in [0.15, 0.2) is 0 Å². The number of para-hydroxylation sites is 1. The average molecular weight is 396 g/mol. The number of hydrogen-bond donors (Lipinski definition) is 2. The minimum Gasteiger partial charge on any atom is -0.493 e. The van der Waals surface area contributed by atoms with Gasteiger partial charge in [-0.25, -0.2) is 0 Å². The third kappa shape index (κ3) is 6.70. The Balaban J connectivity index is 0.00000261. The fourth-order valence-corrected chi connectivity index (χ4v) is 3.38. The molecule has 1 saturated heterocycles. The Morgan fingerprint density at radius 3 is 2.44 bits per heavy atom. The lowest BCUT2D eigenvalue weighted by Crippen LogP contribution is -2.45. The standard InChI is InChI=1S/C20H29N3O3.ClH/c21-18(15-6-7-15)14-22-20(25)16-8-11-23(12-9-16)19(24)10-13-26-17-4-2-1-3-5-17;/h1-5,15-16,18H,6-14,21H2,(H,22,25);1H. The van der Waals surface area contributed by atoms with Crippen LogP contribution in [0.4, 0.5) is 0 Å². The summed E-state index contributed by atoms with van der Waals surface area (Å²) in [4.78, 5) is 26.4. The molecule has 0 bridgehead atoms. The zero-order chi connectivity index (χ0) is 18.4. The van der Waals surface area contributed by atoms with Gasteiger partial charge in [0, 0.05) is 31.6 Å². The van der Waals surface area contributed by atoms with Crippen molar-refractivity contribution in [3.05, 3.63) is 30.3 Å². The first kappa shape index (κ1) is 21.5. The predicted octanol–water partition coefficient (Wildman–Crippen LogP) is 1.97. The van der Waals surface area contributed by atoms with Gasteiger partial charge < -0.3 is 20.7 Å². The SMILES string of the molecule is Cl.NC(CNC(=O)C1CCN(C(=O)CCOc2ccccc2)CC1)C1CC1. The van der Waals surface area contributed by atoms with E-state index in [1.54, 1.807) is 0 Å². The molecule has 3 N–H and O–H groups in total.